The molecule has 20 heavy (non-hydrogen) atoms. The average molecular weight is 273 g/mol. The highest BCUT2D eigenvalue weighted by atomic mass is 16.6. The van der Waals surface area contributed by atoms with E-state index in [0.29, 0.717) is 29.3 Å². The first-order chi connectivity index (χ1) is 9.79. The lowest BCUT2D eigenvalue weighted by molar-refractivity contribution is 0.0813. The SMILES string of the molecule is O=C(NC1CCC2CC2OC1)c1ccc2nonc2c1. The molecule has 1 N–H and O–H groups in total. The number of amides is 1. The van der Waals surface area contributed by atoms with Crippen molar-refractivity contribution in [2.24, 2.45) is 5.92 Å². The van der Waals surface area contributed by atoms with Gasteiger partial charge in [0.05, 0.1) is 18.8 Å². The maximum absolute atomic E-state index is 12.2. The summed E-state index contributed by atoms with van der Waals surface area (Å²) < 4.78 is 10.4. The number of aromatic nitrogens is 2. The third kappa shape index (κ3) is 2.16. The van der Waals surface area contributed by atoms with Crippen LogP contribution in [0.2, 0.25) is 0 Å². The fourth-order valence-corrected chi connectivity index (χ4v) is 2.77. The normalized spacial score (nSPS) is 28.7. The first kappa shape index (κ1) is 11.8. The molecule has 1 amide bonds. The summed E-state index contributed by atoms with van der Waals surface area (Å²) in [6.07, 6.45) is 3.76. The standard InChI is InChI=1S/C14H15N3O3/c18-14(9-2-4-11-12(5-9)17-20-16-11)15-10-3-1-8-6-13(8)19-7-10/h2,4-5,8,10,13H,1,3,6-7H2,(H,15,18). The van der Waals surface area contributed by atoms with Gasteiger partial charge in [-0.15, -0.1) is 0 Å². The summed E-state index contributed by atoms with van der Waals surface area (Å²) in [6, 6.07) is 5.26. The third-order valence-corrected chi connectivity index (χ3v) is 4.11. The van der Waals surface area contributed by atoms with Gasteiger partial charge in [-0.05, 0) is 53.7 Å². The van der Waals surface area contributed by atoms with Crippen molar-refractivity contribution in [2.75, 3.05) is 6.61 Å². The Balaban J connectivity index is 1.46. The molecule has 1 aliphatic heterocycles. The topological polar surface area (TPSA) is 77.2 Å². The molecule has 1 aromatic heterocycles. The molecular formula is C14H15N3O3. The minimum atomic E-state index is -0.0981. The molecule has 0 spiro atoms. The van der Waals surface area contributed by atoms with E-state index in [9.17, 15) is 4.79 Å². The summed E-state index contributed by atoms with van der Waals surface area (Å²) in [4.78, 5) is 12.2. The number of carbonyl (C=O) groups excluding carboxylic acids is 1. The number of hydrogen-bond acceptors (Lipinski definition) is 5. The van der Waals surface area contributed by atoms with Crippen LogP contribution in [-0.4, -0.2) is 35.0 Å². The molecule has 1 saturated heterocycles. The summed E-state index contributed by atoms with van der Waals surface area (Å²) in [7, 11) is 0. The maximum atomic E-state index is 12.2. The Labute approximate surface area is 115 Å². The van der Waals surface area contributed by atoms with E-state index in [1.807, 2.05) is 0 Å². The Morgan fingerprint density at radius 3 is 3.10 bits per heavy atom. The van der Waals surface area contributed by atoms with Crippen molar-refractivity contribution in [3.05, 3.63) is 23.8 Å². The summed E-state index contributed by atoms with van der Waals surface area (Å²) in [5, 5.41) is 10.5. The van der Waals surface area contributed by atoms with E-state index in [1.54, 1.807) is 18.2 Å². The van der Waals surface area contributed by atoms with Gasteiger partial charge in [0.25, 0.3) is 5.91 Å². The number of nitrogens with one attached hydrogen (secondary N) is 1. The number of nitrogens with zero attached hydrogens (tertiary/aromatic N) is 2. The van der Waals surface area contributed by atoms with Crippen molar-refractivity contribution in [3.63, 3.8) is 0 Å². The van der Waals surface area contributed by atoms with E-state index in [0.717, 1.165) is 18.8 Å². The first-order valence-electron chi connectivity index (χ1n) is 6.94. The minimum Gasteiger partial charge on any atom is -0.376 e. The van der Waals surface area contributed by atoms with E-state index in [4.69, 9.17) is 4.74 Å². The predicted molar refractivity (Wildman–Crippen MR) is 70.1 cm³/mol. The molecule has 4 rings (SSSR count). The van der Waals surface area contributed by atoms with Crippen molar-refractivity contribution in [1.29, 1.82) is 0 Å². The predicted octanol–water partition coefficient (Wildman–Crippen LogP) is 1.52. The van der Waals surface area contributed by atoms with Gasteiger partial charge in [-0.2, -0.15) is 0 Å². The van der Waals surface area contributed by atoms with E-state index < -0.39 is 0 Å². The Morgan fingerprint density at radius 2 is 2.15 bits per heavy atom. The monoisotopic (exact) mass is 273 g/mol. The largest absolute Gasteiger partial charge is 0.376 e. The zero-order chi connectivity index (χ0) is 13.5. The van der Waals surface area contributed by atoms with E-state index >= 15 is 0 Å². The van der Waals surface area contributed by atoms with Crippen LogP contribution >= 0.6 is 0 Å². The van der Waals surface area contributed by atoms with Gasteiger partial charge in [0, 0.05) is 5.56 Å². The molecular weight excluding hydrogens is 258 g/mol. The van der Waals surface area contributed by atoms with Crippen molar-refractivity contribution in [1.82, 2.24) is 15.6 Å². The van der Waals surface area contributed by atoms with Crippen LogP contribution in [-0.2, 0) is 4.74 Å². The zero-order valence-electron chi connectivity index (χ0n) is 10.9. The molecule has 2 heterocycles. The van der Waals surface area contributed by atoms with Gasteiger partial charge >= 0.3 is 0 Å². The number of ether oxygens (including phenoxy) is 1. The van der Waals surface area contributed by atoms with Gasteiger partial charge in [0.2, 0.25) is 0 Å². The fourth-order valence-electron chi connectivity index (χ4n) is 2.77. The maximum Gasteiger partial charge on any atom is 0.251 e. The molecule has 6 heteroatoms. The highest BCUT2D eigenvalue weighted by Crippen LogP contribution is 2.40. The molecule has 2 aliphatic rings. The second-order valence-corrected chi connectivity index (χ2v) is 5.58. The molecule has 1 aromatic carbocycles. The molecule has 3 atom stereocenters. The molecule has 1 aliphatic carbocycles. The Hall–Kier alpha value is -1.95. The average Bonchev–Trinajstić information content (AvgIpc) is 3.08. The molecule has 3 unspecified atom stereocenters. The van der Waals surface area contributed by atoms with Crippen LogP contribution in [0.15, 0.2) is 22.8 Å². The van der Waals surface area contributed by atoms with Crippen LogP contribution in [0, 0.1) is 5.92 Å². The Morgan fingerprint density at radius 1 is 1.25 bits per heavy atom. The minimum absolute atomic E-state index is 0.0981. The van der Waals surface area contributed by atoms with Crippen molar-refractivity contribution in [2.45, 2.75) is 31.4 Å². The van der Waals surface area contributed by atoms with Gasteiger partial charge in [0.1, 0.15) is 11.0 Å². The third-order valence-electron chi connectivity index (χ3n) is 4.11. The van der Waals surface area contributed by atoms with Gasteiger partial charge in [-0.25, -0.2) is 4.63 Å². The first-order valence-corrected chi connectivity index (χ1v) is 6.94. The van der Waals surface area contributed by atoms with Gasteiger partial charge < -0.3 is 10.1 Å². The number of hydrogen-bond donors (Lipinski definition) is 1. The van der Waals surface area contributed by atoms with Crippen molar-refractivity contribution < 1.29 is 14.2 Å². The smallest absolute Gasteiger partial charge is 0.251 e. The lowest BCUT2D eigenvalue weighted by atomic mass is 10.1. The number of carbonyl (C=O) groups is 1. The Kier molecular flexibility index (Phi) is 2.70. The summed E-state index contributed by atoms with van der Waals surface area (Å²) >= 11 is 0. The summed E-state index contributed by atoms with van der Waals surface area (Å²) in [5.74, 6) is 0.619. The lowest BCUT2D eigenvalue weighted by Gasteiger charge is -2.16. The molecule has 104 valence electrons. The van der Waals surface area contributed by atoms with Crippen LogP contribution in [0.1, 0.15) is 29.6 Å². The summed E-state index contributed by atoms with van der Waals surface area (Å²) in [6.45, 7) is 0.612. The van der Waals surface area contributed by atoms with Crippen molar-refractivity contribution >= 4 is 16.9 Å². The number of rotatable bonds is 2. The van der Waals surface area contributed by atoms with Gasteiger partial charge in [-0.3, -0.25) is 4.79 Å². The van der Waals surface area contributed by atoms with Gasteiger partial charge in [0.15, 0.2) is 0 Å². The molecule has 2 fully saturated rings. The second-order valence-electron chi connectivity index (χ2n) is 5.58. The van der Waals surface area contributed by atoms with Crippen molar-refractivity contribution in [3.8, 4) is 0 Å². The van der Waals surface area contributed by atoms with Crippen LogP contribution in [0.3, 0.4) is 0 Å². The lowest BCUT2D eigenvalue weighted by Crippen LogP contribution is -2.37. The van der Waals surface area contributed by atoms with Crippen LogP contribution in [0.5, 0.6) is 0 Å². The van der Waals surface area contributed by atoms with E-state index in [1.165, 1.54) is 6.42 Å². The van der Waals surface area contributed by atoms with Crippen LogP contribution < -0.4 is 5.32 Å². The molecule has 0 radical (unpaired) electrons. The molecule has 6 nitrogen and oxygen atoms in total. The highest BCUT2D eigenvalue weighted by Gasteiger charge is 2.40. The Bertz CT molecular complexity index is 642. The fraction of sp³-hybridized carbons (Fsp3) is 0.500. The number of fused-ring (bicyclic) bond motifs is 2. The highest BCUT2D eigenvalue weighted by molar-refractivity contribution is 5.97. The molecule has 1 saturated carbocycles. The summed E-state index contributed by atoms with van der Waals surface area (Å²) in [5.41, 5.74) is 1.82. The van der Waals surface area contributed by atoms with Crippen LogP contribution in [0.25, 0.3) is 11.0 Å². The molecule has 2 aromatic rings. The quantitative estimate of drug-likeness (QED) is 0.897. The second kappa shape index (κ2) is 4.56. The number of benzene rings is 1. The van der Waals surface area contributed by atoms with Gasteiger partial charge in [-0.1, -0.05) is 0 Å². The van der Waals surface area contributed by atoms with Crippen LogP contribution in [0.4, 0.5) is 0 Å². The molecule has 0 bridgehead atoms. The zero-order valence-corrected chi connectivity index (χ0v) is 10.9. The van der Waals surface area contributed by atoms with E-state index in [2.05, 4.69) is 20.3 Å². The van der Waals surface area contributed by atoms with E-state index in [-0.39, 0.29) is 11.9 Å².